The Kier molecular flexibility index (Phi) is 21.7. The van der Waals surface area contributed by atoms with Gasteiger partial charge in [0.2, 0.25) is 0 Å². The van der Waals surface area contributed by atoms with E-state index in [-0.39, 0.29) is 49.0 Å². The first kappa shape index (κ1) is 78.7. The number of carbonyl (C=O) groups excluding carboxylic acids is 2. The van der Waals surface area contributed by atoms with E-state index in [9.17, 15) is 10.5 Å². The number of unbranched alkanes of at least 4 members (excludes halogenated alkanes) is 12. The maximum atomic E-state index is 15.1. The lowest BCUT2D eigenvalue weighted by Gasteiger charge is -2.34. The molecule has 0 atom stereocenters. The number of thiophene rings is 4. The van der Waals surface area contributed by atoms with Crippen LogP contribution in [0, 0.1) is 29.2 Å². The highest BCUT2D eigenvalue weighted by Gasteiger charge is 2.54. The van der Waals surface area contributed by atoms with Gasteiger partial charge in [-0.15, -0.1) is 45.3 Å². The molecule has 0 radical (unpaired) electrons. The Morgan fingerprint density at radius 2 is 0.812 bits per heavy atom. The molecule has 18 rings (SSSR count). The van der Waals surface area contributed by atoms with E-state index in [1.165, 1.54) is 59.7 Å². The van der Waals surface area contributed by atoms with Crippen LogP contribution in [-0.4, -0.2) is 30.6 Å². The summed E-state index contributed by atoms with van der Waals surface area (Å²) in [4.78, 5) is 39.6. The maximum absolute atomic E-state index is 15.1. The number of rotatable bonds is 26. The number of aryl methyl sites for hydroxylation is 4. The highest BCUT2D eigenvalue weighted by atomic mass is 35.5. The molecule has 0 N–H and O–H groups in total. The minimum atomic E-state index is -1.07. The molecule has 117 heavy (non-hydrogen) atoms. The van der Waals surface area contributed by atoms with Crippen molar-refractivity contribution in [1.29, 1.82) is 10.5 Å². The smallest absolute Gasteiger partial charge is 0.270 e. The fourth-order valence-electron chi connectivity index (χ4n) is 18.9. The monoisotopic (exact) mass is 1700 g/mol. The number of nitriles is 2. The standard InChI is InChI=1S/C98H79Cl4N7O3S5/c1-7-11-15-19-23-54-27-35-58(36-28-54)97(59-37-29-55(30-38-59)24-20-16-12-8-2)70-45-62(43-68-77(53(5)51-103)64-47-72(99)74(101)49-66(64)89(68)110)113-92(70)96-83(97)81-79-80(86-88(94(81)116-96)109-117-108-86)82-84-95(115-93(82)87-85(79)106-112-107-87)91-71(46-63(114-91)44-69-78(76(52-104)105-6)65-48-73(100)75(102)50-67(65)90(69)111)98(84,60-39-31-56(32-40-60)25-21-17-13-9-3)61-41-33-57(34-42-61)26-22-18-14-10-4/h27-50H,7-26H2,1-5H3/b68-43-,69-44-,77-53-,78-76+. The summed E-state index contributed by atoms with van der Waals surface area (Å²) in [6.45, 7) is 19.0. The average molecular weight is 1700 g/mol. The summed E-state index contributed by atoms with van der Waals surface area (Å²) in [5.74, 6) is -0.588. The second kappa shape index (κ2) is 32.3. The molecule has 0 unspecified atom stereocenters. The number of hydrogen-bond acceptors (Lipinski definition) is 14. The van der Waals surface area contributed by atoms with Gasteiger partial charge in [0, 0.05) is 70.3 Å². The number of fused-ring (bicyclic) bond motifs is 21. The average Bonchev–Trinajstić information content (AvgIpc) is 1.49. The molecule has 0 saturated heterocycles. The Morgan fingerprint density at radius 3 is 1.21 bits per heavy atom. The van der Waals surface area contributed by atoms with E-state index in [2.05, 4.69) is 154 Å². The van der Waals surface area contributed by atoms with Crippen LogP contribution in [0.5, 0.6) is 0 Å². The SMILES string of the molecule is [C-]#[N+]/C(C#N)=C1/C(=C/c2cc3c(s2)-c2sc4c5nonc5c5c6c7c(sc6c6nsnc6c5c4c2C3(c2ccc(CCCCCC)cc2)c2ccc(CCCCCC)cc2)-c2sc(/C=C3\C(=O)c4cc(Cl)c(Cl)cc4\C3=C(/C)C#N)cc2C7(c2ccc(CCCCCC)cc2)c2ccc(CCCCCC)cc2)C(=O)c2cc(Cl)c(Cl)cc21. The second-order valence-electron chi connectivity index (χ2n) is 31.5. The van der Waals surface area contributed by atoms with Crippen molar-refractivity contribution in [2.75, 3.05) is 0 Å². The molecule has 0 saturated carbocycles. The zero-order chi connectivity index (χ0) is 80.7. The lowest BCUT2D eigenvalue weighted by atomic mass is 9.66. The summed E-state index contributed by atoms with van der Waals surface area (Å²) in [5, 5.41) is 36.2. The topological polar surface area (TPSA) is 151 Å². The highest BCUT2D eigenvalue weighted by Crippen LogP contribution is 2.69. The molecule has 14 aromatic rings. The van der Waals surface area contributed by atoms with E-state index >= 15 is 9.59 Å². The van der Waals surface area contributed by atoms with E-state index in [0.29, 0.717) is 49.5 Å². The zero-order valence-corrected chi connectivity index (χ0v) is 72.5. The Bertz CT molecular complexity index is 6590. The van der Waals surface area contributed by atoms with Crippen LogP contribution in [0.15, 0.2) is 161 Å². The van der Waals surface area contributed by atoms with Crippen LogP contribution in [0.4, 0.5) is 0 Å². The van der Waals surface area contributed by atoms with Gasteiger partial charge in [0.15, 0.2) is 17.1 Å². The molecule has 0 fully saturated rings. The summed E-state index contributed by atoms with van der Waals surface area (Å²) >= 11 is 34.7. The van der Waals surface area contributed by atoms with Crippen molar-refractivity contribution >= 4 is 191 Å². The van der Waals surface area contributed by atoms with Gasteiger partial charge in [-0.3, -0.25) is 9.59 Å². The third-order valence-electron chi connectivity index (χ3n) is 24.5. The van der Waals surface area contributed by atoms with Crippen molar-refractivity contribution in [3.63, 3.8) is 0 Å². The fraction of sp³-hybridized carbons (Fsp3) is 0.276. The van der Waals surface area contributed by atoms with Crippen LogP contribution in [0.25, 0.3) is 101 Å². The van der Waals surface area contributed by atoms with E-state index in [4.69, 9.17) is 76.7 Å². The predicted octanol–water partition coefficient (Wildman–Crippen LogP) is 29.8. The largest absolute Gasteiger partial charge is 0.289 e. The van der Waals surface area contributed by atoms with Gasteiger partial charge >= 0.3 is 0 Å². The van der Waals surface area contributed by atoms with Gasteiger partial charge in [0.25, 0.3) is 5.70 Å². The van der Waals surface area contributed by atoms with Gasteiger partial charge in [0.1, 0.15) is 16.6 Å². The van der Waals surface area contributed by atoms with Crippen LogP contribution >= 0.6 is 103 Å². The van der Waals surface area contributed by atoms with E-state index < -0.39 is 10.8 Å². The van der Waals surface area contributed by atoms with Crippen LogP contribution < -0.4 is 0 Å². The molecule has 10 nitrogen and oxygen atoms in total. The minimum Gasteiger partial charge on any atom is -0.289 e. The van der Waals surface area contributed by atoms with Crippen LogP contribution in [0.2, 0.25) is 20.1 Å². The number of Topliss-reactive ketones (excluding diaryl/α,β-unsaturated/α-hetero) is 2. The van der Waals surface area contributed by atoms with E-state index in [1.807, 2.05) is 12.2 Å². The van der Waals surface area contributed by atoms with Gasteiger partial charge in [-0.2, -0.15) is 14.0 Å². The summed E-state index contributed by atoms with van der Waals surface area (Å²) < 4.78 is 19.1. The molecule has 0 amide bonds. The lowest BCUT2D eigenvalue weighted by molar-refractivity contribution is 0.103. The lowest BCUT2D eigenvalue weighted by Crippen LogP contribution is -2.28. The first-order chi connectivity index (χ1) is 57.1. The van der Waals surface area contributed by atoms with Crippen molar-refractivity contribution in [1.82, 2.24) is 19.1 Å². The molecule has 19 heteroatoms. The molecular formula is C98H79Cl4N7O3S5. The normalized spacial score (nSPS) is 15.8. The number of allylic oxidation sites excluding steroid dienone is 6. The van der Waals surface area contributed by atoms with Crippen molar-refractivity contribution in [3.05, 3.63) is 286 Å². The minimum absolute atomic E-state index is 0.195. The Morgan fingerprint density at radius 1 is 0.444 bits per heavy atom. The molecule has 0 aliphatic heterocycles. The fourth-order valence-corrected chi connectivity index (χ4v) is 25.5. The van der Waals surface area contributed by atoms with Gasteiger partial charge in [-0.05, 0) is 195 Å². The molecule has 6 heterocycles. The molecule has 4 aliphatic carbocycles. The Labute approximate surface area is 720 Å². The van der Waals surface area contributed by atoms with Gasteiger partial charge < -0.3 is 0 Å². The van der Waals surface area contributed by atoms with Gasteiger partial charge in [-0.25, -0.2) is 14.7 Å². The number of ketones is 2. The molecule has 8 aromatic carbocycles. The molecule has 0 spiro atoms. The van der Waals surface area contributed by atoms with E-state index in [1.54, 1.807) is 76.5 Å². The number of aromatic nitrogens is 4. The third-order valence-corrected chi connectivity index (χ3v) is 31.3. The van der Waals surface area contributed by atoms with Gasteiger partial charge in [-0.1, -0.05) is 248 Å². The number of benzene rings is 8. The third kappa shape index (κ3) is 12.9. The quantitative estimate of drug-likeness (QED) is 0.0223. The van der Waals surface area contributed by atoms with Crippen LogP contribution in [0.3, 0.4) is 0 Å². The zero-order valence-electron chi connectivity index (χ0n) is 65.4. The highest BCUT2D eigenvalue weighted by molar-refractivity contribution is 7.29. The summed E-state index contributed by atoms with van der Waals surface area (Å²) in [5.41, 5.74) is 17.3. The first-order valence-corrected chi connectivity index (χ1v) is 46.2. The van der Waals surface area contributed by atoms with E-state index in [0.717, 1.165) is 218 Å². The van der Waals surface area contributed by atoms with Gasteiger partial charge in [0.05, 0.1) is 90.3 Å². The molecular weight excluding hydrogens is 1630 g/mol. The molecule has 4 aliphatic rings. The Balaban J connectivity index is 0.957. The number of carbonyl (C=O) groups is 2. The number of nitrogens with zero attached hydrogens (tertiary/aromatic N) is 7. The van der Waals surface area contributed by atoms with Crippen LogP contribution in [-0.2, 0) is 36.5 Å². The number of hydrogen-bond donors (Lipinski definition) is 0. The van der Waals surface area contributed by atoms with Crippen molar-refractivity contribution < 1.29 is 14.2 Å². The predicted molar refractivity (Wildman–Crippen MR) is 488 cm³/mol. The van der Waals surface area contributed by atoms with Crippen LogP contribution in [0.1, 0.15) is 246 Å². The molecule has 0 bridgehead atoms. The van der Waals surface area contributed by atoms with Crippen molar-refractivity contribution in [2.45, 2.75) is 174 Å². The first-order valence-electron chi connectivity index (χ1n) is 40.7. The van der Waals surface area contributed by atoms with Crippen molar-refractivity contribution in [2.24, 2.45) is 0 Å². The summed E-state index contributed by atoms with van der Waals surface area (Å²) in [6, 6.07) is 52.9. The second-order valence-corrected chi connectivity index (χ2v) is 37.8. The molecule has 582 valence electrons. The summed E-state index contributed by atoms with van der Waals surface area (Å²) in [7, 11) is 0. The summed E-state index contributed by atoms with van der Waals surface area (Å²) in [6.07, 6.45) is 25.7. The van der Waals surface area contributed by atoms with Crippen molar-refractivity contribution in [3.8, 4) is 31.6 Å². The maximum Gasteiger partial charge on any atom is 0.270 e. The molecule has 6 aromatic heterocycles. The Hall–Kier alpha value is -9.51. The number of halogens is 4.